The summed E-state index contributed by atoms with van der Waals surface area (Å²) in [5, 5.41) is 0. The Balaban J connectivity index is 2.31. The van der Waals surface area contributed by atoms with Crippen molar-refractivity contribution >= 4 is 11.4 Å². The molecule has 0 bridgehead atoms. The van der Waals surface area contributed by atoms with Crippen molar-refractivity contribution in [2.75, 3.05) is 11.5 Å². The molecule has 0 aliphatic heterocycles. The Morgan fingerprint density at radius 3 is 1.21 bits per heavy atom. The fraction of sp³-hybridized carbons (Fsp3) is 0.143. The van der Waals surface area contributed by atoms with Gasteiger partial charge in [0.25, 0.3) is 0 Å². The van der Waals surface area contributed by atoms with Gasteiger partial charge in [-0.25, -0.2) is 13.2 Å². The minimum Gasteiger partial charge on any atom is -0.450 e. The van der Waals surface area contributed by atoms with E-state index in [4.69, 9.17) is 11.5 Å². The summed E-state index contributed by atoms with van der Waals surface area (Å²) >= 11 is 0. The SMILES string of the molecule is Nc1cc(Oc2c(F)c(F)c(C(F)(F)F)c(Oc3cc(N)cc(C(F)(F)F)c3F)c2F)c(F)c(C(F)(F)F)c1. The van der Waals surface area contributed by atoms with Crippen molar-refractivity contribution in [2.45, 2.75) is 18.5 Å². The molecule has 0 aromatic heterocycles. The Kier molecular flexibility index (Phi) is 7.22. The second-order valence-corrected chi connectivity index (χ2v) is 7.43. The standard InChI is InChI=1S/C21H8F14N2O2/c22-12-7(19(27,28)29)1-5(36)3-9(12)38-17-11(21(33,34)35)14(24)15(25)18(16(17)26)39-10-4-6(37)2-8(13(10)23)20(30,31)32/h1-4H,36-37H2. The highest BCUT2D eigenvalue weighted by molar-refractivity contribution is 5.55. The van der Waals surface area contributed by atoms with E-state index in [0.717, 1.165) is 0 Å². The van der Waals surface area contributed by atoms with E-state index in [9.17, 15) is 57.1 Å². The molecular formula is C21H8F14N2O2. The molecule has 0 saturated carbocycles. The Bertz CT molecular complexity index is 1450. The van der Waals surface area contributed by atoms with Gasteiger partial charge in [0, 0.05) is 23.5 Å². The van der Waals surface area contributed by atoms with E-state index < -0.39 is 98.7 Å². The van der Waals surface area contributed by atoms with Gasteiger partial charge >= 0.3 is 18.5 Å². The van der Waals surface area contributed by atoms with Crippen LogP contribution in [0.4, 0.5) is 72.8 Å². The number of nitrogen functional groups attached to an aromatic ring is 2. The molecule has 0 heterocycles. The maximum Gasteiger partial charge on any atom is 0.423 e. The molecule has 0 saturated heterocycles. The van der Waals surface area contributed by atoms with E-state index in [1.165, 1.54) is 0 Å². The van der Waals surface area contributed by atoms with Crippen LogP contribution in [0, 0.1) is 29.1 Å². The van der Waals surface area contributed by atoms with Crippen LogP contribution in [0.25, 0.3) is 0 Å². The van der Waals surface area contributed by atoms with E-state index in [2.05, 4.69) is 9.47 Å². The number of ether oxygens (including phenoxy) is 2. The molecule has 212 valence electrons. The average molecular weight is 586 g/mol. The summed E-state index contributed by atoms with van der Waals surface area (Å²) in [6.45, 7) is 0. The third-order valence-corrected chi connectivity index (χ3v) is 4.68. The summed E-state index contributed by atoms with van der Waals surface area (Å²) in [5.41, 5.74) is 1.01. The van der Waals surface area contributed by atoms with Crippen LogP contribution in [0.15, 0.2) is 24.3 Å². The lowest BCUT2D eigenvalue weighted by atomic mass is 10.1. The minimum atomic E-state index is -6.07. The van der Waals surface area contributed by atoms with Crippen LogP contribution in [-0.2, 0) is 18.5 Å². The van der Waals surface area contributed by atoms with Crippen molar-refractivity contribution in [3.63, 3.8) is 0 Å². The molecule has 3 aromatic carbocycles. The number of alkyl halides is 9. The molecular weight excluding hydrogens is 578 g/mol. The molecule has 0 radical (unpaired) electrons. The highest BCUT2D eigenvalue weighted by atomic mass is 19.4. The lowest BCUT2D eigenvalue weighted by Gasteiger charge is -2.20. The van der Waals surface area contributed by atoms with Crippen molar-refractivity contribution in [3.8, 4) is 23.0 Å². The first kappa shape index (κ1) is 29.4. The molecule has 0 amide bonds. The highest BCUT2D eigenvalue weighted by Gasteiger charge is 2.45. The maximum absolute atomic E-state index is 15.1. The monoisotopic (exact) mass is 586 g/mol. The number of nitrogens with two attached hydrogens (primary N) is 2. The molecule has 0 spiro atoms. The number of anilines is 2. The van der Waals surface area contributed by atoms with Crippen LogP contribution in [-0.4, -0.2) is 0 Å². The van der Waals surface area contributed by atoms with Gasteiger partial charge in [0.2, 0.25) is 17.4 Å². The number of hydrogen-bond acceptors (Lipinski definition) is 4. The first-order valence-electron chi connectivity index (χ1n) is 9.60. The van der Waals surface area contributed by atoms with Gasteiger partial charge in [-0.3, -0.25) is 0 Å². The largest absolute Gasteiger partial charge is 0.450 e. The molecule has 18 heteroatoms. The van der Waals surface area contributed by atoms with Gasteiger partial charge < -0.3 is 20.9 Å². The predicted octanol–water partition coefficient (Wildman–Crippen LogP) is 8.19. The van der Waals surface area contributed by atoms with E-state index in [1.54, 1.807) is 0 Å². The number of benzene rings is 3. The molecule has 4 N–H and O–H groups in total. The summed E-state index contributed by atoms with van der Waals surface area (Å²) in [7, 11) is 0. The van der Waals surface area contributed by atoms with Crippen molar-refractivity contribution in [1.29, 1.82) is 0 Å². The van der Waals surface area contributed by atoms with E-state index in [0.29, 0.717) is 0 Å². The summed E-state index contributed by atoms with van der Waals surface area (Å²) in [6.07, 6.45) is -17.1. The van der Waals surface area contributed by atoms with Crippen molar-refractivity contribution < 1.29 is 70.9 Å². The molecule has 4 nitrogen and oxygen atoms in total. The van der Waals surface area contributed by atoms with Crippen molar-refractivity contribution in [3.05, 3.63) is 70.0 Å². The zero-order valence-electron chi connectivity index (χ0n) is 18.1. The molecule has 0 fully saturated rings. The Labute approximate surface area is 206 Å². The molecule has 0 aliphatic rings. The topological polar surface area (TPSA) is 70.5 Å². The lowest BCUT2D eigenvalue weighted by molar-refractivity contribution is -0.142. The molecule has 39 heavy (non-hydrogen) atoms. The highest BCUT2D eigenvalue weighted by Crippen LogP contribution is 2.49. The molecule has 3 rings (SSSR count). The summed E-state index contributed by atoms with van der Waals surface area (Å²) in [5.74, 6) is -22.1. The Morgan fingerprint density at radius 2 is 0.846 bits per heavy atom. The first-order valence-corrected chi connectivity index (χ1v) is 9.60. The minimum absolute atomic E-state index is 0.0115. The van der Waals surface area contributed by atoms with Crippen LogP contribution < -0.4 is 20.9 Å². The lowest BCUT2D eigenvalue weighted by Crippen LogP contribution is -2.16. The van der Waals surface area contributed by atoms with Gasteiger partial charge in [0.05, 0.1) is 11.1 Å². The fourth-order valence-electron chi connectivity index (χ4n) is 3.08. The van der Waals surface area contributed by atoms with Gasteiger partial charge in [-0.1, -0.05) is 0 Å². The van der Waals surface area contributed by atoms with Gasteiger partial charge in [-0.15, -0.1) is 0 Å². The predicted molar refractivity (Wildman–Crippen MR) is 103 cm³/mol. The number of halogens is 14. The fourth-order valence-corrected chi connectivity index (χ4v) is 3.08. The molecule has 0 aliphatic carbocycles. The Hall–Kier alpha value is -4.12. The van der Waals surface area contributed by atoms with Crippen molar-refractivity contribution in [2.24, 2.45) is 0 Å². The number of rotatable bonds is 4. The third-order valence-electron chi connectivity index (χ3n) is 4.68. The maximum atomic E-state index is 15.1. The van der Waals surface area contributed by atoms with Crippen LogP contribution in [0.1, 0.15) is 16.7 Å². The molecule has 3 aromatic rings. The second-order valence-electron chi connectivity index (χ2n) is 7.43. The van der Waals surface area contributed by atoms with Crippen LogP contribution in [0.2, 0.25) is 0 Å². The summed E-state index contributed by atoms with van der Waals surface area (Å²) in [6, 6.07) is 0.299. The van der Waals surface area contributed by atoms with Crippen molar-refractivity contribution in [1.82, 2.24) is 0 Å². The zero-order chi connectivity index (χ0) is 29.8. The van der Waals surface area contributed by atoms with Gasteiger partial charge in [0.1, 0.15) is 5.56 Å². The van der Waals surface area contributed by atoms with E-state index in [-0.39, 0.29) is 24.3 Å². The van der Waals surface area contributed by atoms with Crippen LogP contribution in [0.5, 0.6) is 23.0 Å². The first-order chi connectivity index (χ1) is 17.6. The van der Waals surface area contributed by atoms with Crippen LogP contribution in [0.3, 0.4) is 0 Å². The third kappa shape index (κ3) is 5.68. The zero-order valence-corrected chi connectivity index (χ0v) is 18.1. The summed E-state index contributed by atoms with van der Waals surface area (Å²) < 4.78 is 200. The molecule has 0 atom stereocenters. The van der Waals surface area contributed by atoms with E-state index in [1.807, 2.05) is 0 Å². The van der Waals surface area contributed by atoms with Crippen LogP contribution >= 0.6 is 0 Å². The van der Waals surface area contributed by atoms with Gasteiger partial charge in [-0.05, 0) is 12.1 Å². The average Bonchev–Trinajstić information content (AvgIpc) is 2.76. The molecule has 0 unspecified atom stereocenters. The number of hydrogen-bond donors (Lipinski definition) is 2. The summed E-state index contributed by atoms with van der Waals surface area (Å²) in [4.78, 5) is 0. The van der Waals surface area contributed by atoms with E-state index >= 15 is 4.39 Å². The van der Waals surface area contributed by atoms with Gasteiger partial charge in [0.15, 0.2) is 34.7 Å². The Morgan fingerprint density at radius 1 is 0.462 bits per heavy atom. The second kappa shape index (κ2) is 9.57. The quantitative estimate of drug-likeness (QED) is 0.184. The van der Waals surface area contributed by atoms with Gasteiger partial charge in [-0.2, -0.15) is 48.3 Å². The smallest absolute Gasteiger partial charge is 0.423 e. The normalized spacial score (nSPS) is 12.6.